The van der Waals surface area contributed by atoms with Crippen LogP contribution >= 0.6 is 15.9 Å². The number of halogens is 1. The van der Waals surface area contributed by atoms with Crippen LogP contribution < -0.4 is 5.32 Å². The van der Waals surface area contributed by atoms with E-state index < -0.39 is 23.7 Å². The summed E-state index contributed by atoms with van der Waals surface area (Å²) in [7, 11) is 0. The fourth-order valence-electron chi connectivity index (χ4n) is 1.89. The van der Waals surface area contributed by atoms with Gasteiger partial charge in [-0.15, -0.1) is 0 Å². The molecule has 23 heavy (non-hydrogen) atoms. The van der Waals surface area contributed by atoms with Gasteiger partial charge in [0.2, 0.25) is 0 Å². The number of phenolic OH excluding ortho intramolecular Hbond substituents is 1. The van der Waals surface area contributed by atoms with Gasteiger partial charge in [-0.05, 0) is 51.5 Å². The summed E-state index contributed by atoms with van der Waals surface area (Å²) in [5.74, 6) is -0.428. The maximum Gasteiger partial charge on any atom is 0.408 e. The molecule has 0 heterocycles. The largest absolute Gasteiger partial charge is 0.508 e. The predicted octanol–water partition coefficient (Wildman–Crippen LogP) is 3.67. The Bertz CT molecular complexity index is 548. The van der Waals surface area contributed by atoms with E-state index in [0.717, 1.165) is 0 Å². The Morgan fingerprint density at radius 2 is 1.96 bits per heavy atom. The first-order chi connectivity index (χ1) is 10.6. The Morgan fingerprint density at radius 3 is 2.48 bits per heavy atom. The van der Waals surface area contributed by atoms with E-state index in [4.69, 9.17) is 9.47 Å². The molecule has 0 aromatic heterocycles. The summed E-state index contributed by atoms with van der Waals surface area (Å²) in [5.41, 5.74) is -0.0892. The highest BCUT2D eigenvalue weighted by Crippen LogP contribution is 2.27. The molecule has 0 fully saturated rings. The van der Waals surface area contributed by atoms with Crippen LogP contribution in [0.15, 0.2) is 22.7 Å². The van der Waals surface area contributed by atoms with Crippen molar-refractivity contribution in [3.05, 3.63) is 28.2 Å². The smallest absolute Gasteiger partial charge is 0.408 e. The molecular weight excluding hydrogens is 366 g/mol. The number of rotatable bonds is 5. The molecule has 0 aliphatic rings. The van der Waals surface area contributed by atoms with Gasteiger partial charge in [0.1, 0.15) is 11.4 Å². The van der Waals surface area contributed by atoms with Gasteiger partial charge in [0.25, 0.3) is 0 Å². The molecule has 0 spiro atoms. The van der Waals surface area contributed by atoms with Gasteiger partial charge < -0.3 is 19.9 Å². The summed E-state index contributed by atoms with van der Waals surface area (Å²) >= 11 is 3.27. The second-order valence-electron chi connectivity index (χ2n) is 5.95. The number of alkyl carbamates (subject to hydrolysis) is 1. The Hall–Kier alpha value is -1.76. The van der Waals surface area contributed by atoms with Crippen molar-refractivity contribution in [2.45, 2.75) is 45.8 Å². The molecule has 0 aliphatic heterocycles. The molecule has 0 radical (unpaired) electrons. The van der Waals surface area contributed by atoms with Crippen molar-refractivity contribution >= 4 is 28.0 Å². The van der Waals surface area contributed by atoms with E-state index in [0.29, 0.717) is 10.0 Å². The molecule has 0 saturated heterocycles. The standard InChI is InChI=1S/C16H22BrNO5/c1-5-22-14(20)9-13(18-15(21)23-16(2,3)4)10-6-11(17)8-12(19)7-10/h6-8,13,19H,5,9H2,1-4H3,(H,18,21). The lowest BCUT2D eigenvalue weighted by Gasteiger charge is -2.23. The van der Waals surface area contributed by atoms with Crippen LogP contribution in [-0.4, -0.2) is 29.4 Å². The van der Waals surface area contributed by atoms with Crippen molar-refractivity contribution in [3.63, 3.8) is 0 Å². The molecule has 1 amide bonds. The first kappa shape index (κ1) is 19.3. The van der Waals surface area contributed by atoms with Crippen molar-refractivity contribution in [3.8, 4) is 5.75 Å². The third-order valence-corrected chi connectivity index (χ3v) is 3.13. The van der Waals surface area contributed by atoms with E-state index >= 15 is 0 Å². The highest BCUT2D eigenvalue weighted by molar-refractivity contribution is 9.10. The molecule has 128 valence electrons. The predicted molar refractivity (Wildman–Crippen MR) is 89.2 cm³/mol. The van der Waals surface area contributed by atoms with Gasteiger partial charge in [-0.1, -0.05) is 15.9 Å². The molecule has 6 nitrogen and oxygen atoms in total. The summed E-state index contributed by atoms with van der Waals surface area (Å²) in [6.07, 6.45) is -0.713. The summed E-state index contributed by atoms with van der Waals surface area (Å²) < 4.78 is 10.8. The minimum absolute atomic E-state index is 0.0224. The van der Waals surface area contributed by atoms with Crippen LogP contribution in [0.25, 0.3) is 0 Å². The number of esters is 1. The molecule has 1 atom stereocenters. The first-order valence-electron chi connectivity index (χ1n) is 7.25. The zero-order valence-corrected chi connectivity index (χ0v) is 15.3. The zero-order valence-electron chi connectivity index (χ0n) is 13.7. The molecule has 0 aliphatic carbocycles. The minimum atomic E-state index is -0.674. The van der Waals surface area contributed by atoms with Gasteiger partial charge >= 0.3 is 12.1 Å². The van der Waals surface area contributed by atoms with E-state index in [1.165, 1.54) is 12.1 Å². The topological polar surface area (TPSA) is 84.9 Å². The number of hydrogen-bond donors (Lipinski definition) is 2. The molecule has 1 aromatic rings. The lowest BCUT2D eigenvalue weighted by atomic mass is 10.0. The van der Waals surface area contributed by atoms with Crippen LogP contribution in [0.5, 0.6) is 5.75 Å². The highest BCUT2D eigenvalue weighted by Gasteiger charge is 2.23. The first-order valence-corrected chi connectivity index (χ1v) is 8.04. The number of aromatic hydroxyl groups is 1. The Labute approximate surface area is 144 Å². The van der Waals surface area contributed by atoms with Crippen LogP contribution in [0.4, 0.5) is 4.79 Å². The summed E-state index contributed by atoms with van der Waals surface area (Å²) in [6, 6.07) is 4.03. The molecule has 2 N–H and O–H groups in total. The lowest BCUT2D eigenvalue weighted by molar-refractivity contribution is -0.143. The normalized spacial score (nSPS) is 12.4. The van der Waals surface area contributed by atoms with Crippen molar-refractivity contribution < 1.29 is 24.2 Å². The molecular formula is C16H22BrNO5. The van der Waals surface area contributed by atoms with Gasteiger partial charge in [0, 0.05) is 4.47 Å². The van der Waals surface area contributed by atoms with Gasteiger partial charge in [0.05, 0.1) is 19.1 Å². The Balaban J connectivity index is 2.97. The second kappa shape index (κ2) is 8.19. The maximum atomic E-state index is 12.0. The third-order valence-electron chi connectivity index (χ3n) is 2.67. The molecule has 1 unspecified atom stereocenters. The molecule has 1 rings (SSSR count). The monoisotopic (exact) mass is 387 g/mol. The van der Waals surface area contributed by atoms with Crippen LogP contribution in [-0.2, 0) is 14.3 Å². The SMILES string of the molecule is CCOC(=O)CC(NC(=O)OC(C)(C)C)c1cc(O)cc(Br)c1. The summed E-state index contributed by atoms with van der Waals surface area (Å²) in [4.78, 5) is 23.8. The fourth-order valence-corrected chi connectivity index (χ4v) is 2.38. The van der Waals surface area contributed by atoms with Crippen molar-refractivity contribution in [2.24, 2.45) is 0 Å². The molecule has 0 bridgehead atoms. The number of benzene rings is 1. The minimum Gasteiger partial charge on any atom is -0.508 e. The van der Waals surface area contributed by atoms with Gasteiger partial charge in [-0.2, -0.15) is 0 Å². The summed E-state index contributed by atoms with van der Waals surface area (Å²) in [6.45, 7) is 7.20. The second-order valence-corrected chi connectivity index (χ2v) is 6.87. The van der Waals surface area contributed by atoms with Crippen LogP contribution in [0.3, 0.4) is 0 Å². The van der Waals surface area contributed by atoms with Crippen molar-refractivity contribution in [1.82, 2.24) is 5.32 Å². The summed E-state index contributed by atoms with van der Waals surface area (Å²) in [5, 5.41) is 12.4. The van der Waals surface area contributed by atoms with Gasteiger partial charge in [-0.25, -0.2) is 4.79 Å². The Morgan fingerprint density at radius 1 is 1.30 bits per heavy atom. The zero-order chi connectivity index (χ0) is 17.6. The third kappa shape index (κ3) is 7.36. The number of carbonyl (C=O) groups excluding carboxylic acids is 2. The number of ether oxygens (including phenoxy) is 2. The van der Waals surface area contributed by atoms with E-state index in [-0.39, 0.29) is 18.8 Å². The Kier molecular flexibility index (Phi) is 6.87. The van der Waals surface area contributed by atoms with E-state index in [1.54, 1.807) is 33.8 Å². The number of hydrogen-bond acceptors (Lipinski definition) is 5. The number of carbonyl (C=O) groups is 2. The maximum absolute atomic E-state index is 12.0. The van der Waals surface area contributed by atoms with Crippen LogP contribution in [0.2, 0.25) is 0 Å². The molecule has 1 aromatic carbocycles. The highest BCUT2D eigenvalue weighted by atomic mass is 79.9. The number of nitrogens with one attached hydrogen (secondary N) is 1. The van der Waals surface area contributed by atoms with Crippen molar-refractivity contribution in [2.75, 3.05) is 6.61 Å². The van der Waals surface area contributed by atoms with E-state index in [1.807, 2.05) is 0 Å². The van der Waals surface area contributed by atoms with Crippen LogP contribution in [0.1, 0.15) is 45.7 Å². The average Bonchev–Trinajstić information content (AvgIpc) is 2.34. The van der Waals surface area contributed by atoms with Crippen molar-refractivity contribution in [1.29, 1.82) is 0 Å². The number of amides is 1. The molecule has 0 saturated carbocycles. The average molecular weight is 388 g/mol. The molecule has 7 heteroatoms. The number of phenols is 1. The van der Waals surface area contributed by atoms with Gasteiger partial charge in [0.15, 0.2) is 0 Å². The lowest BCUT2D eigenvalue weighted by Crippen LogP contribution is -2.36. The van der Waals surface area contributed by atoms with E-state index in [2.05, 4.69) is 21.2 Å². The quantitative estimate of drug-likeness (QED) is 0.752. The van der Waals surface area contributed by atoms with E-state index in [9.17, 15) is 14.7 Å². The van der Waals surface area contributed by atoms with Gasteiger partial charge in [-0.3, -0.25) is 4.79 Å². The van der Waals surface area contributed by atoms with Crippen LogP contribution in [0, 0.1) is 0 Å². The fraction of sp³-hybridized carbons (Fsp3) is 0.500.